The predicted molar refractivity (Wildman–Crippen MR) is 176 cm³/mol. The molecular weight excluding hydrogens is 620 g/mol. The van der Waals surface area contributed by atoms with Crippen molar-refractivity contribution in [2.24, 2.45) is 28.1 Å². The van der Waals surface area contributed by atoms with E-state index in [0.717, 1.165) is 19.3 Å². The Balaban J connectivity index is 0.000000197. The van der Waals surface area contributed by atoms with Gasteiger partial charge in [-0.3, -0.25) is 19.2 Å². The summed E-state index contributed by atoms with van der Waals surface area (Å²) < 4.78 is 32.1. The molecule has 11 heteroatoms. The smallest absolute Gasteiger partial charge is 0.347 e. The van der Waals surface area contributed by atoms with Gasteiger partial charge >= 0.3 is 29.8 Å². The van der Waals surface area contributed by atoms with E-state index in [9.17, 15) is 24.0 Å². The van der Waals surface area contributed by atoms with E-state index in [2.05, 4.69) is 13.8 Å². The molecule has 1 aliphatic carbocycles. The lowest BCUT2D eigenvalue weighted by atomic mass is 9.86. The second kappa shape index (κ2) is 15.5. The summed E-state index contributed by atoms with van der Waals surface area (Å²) in [6.45, 7) is 21.8. The van der Waals surface area contributed by atoms with Crippen molar-refractivity contribution in [3.63, 3.8) is 0 Å². The molecule has 11 nitrogen and oxygen atoms in total. The molecule has 2 bridgehead atoms. The van der Waals surface area contributed by atoms with Crippen LogP contribution in [0.4, 0.5) is 0 Å². The second-order valence-electron chi connectivity index (χ2n) is 16.1. The van der Waals surface area contributed by atoms with Crippen LogP contribution < -0.4 is 0 Å². The van der Waals surface area contributed by atoms with Crippen LogP contribution in [0.25, 0.3) is 0 Å². The standard InChI is InChI=1S/C14H26O2.C13H18O5.C10H16O4/c1-6-13(4,5)12(15)16-14(11(2)3)9-7-8-10-14;1-4-13(2,3)12(15)18-9-7-5-6-8(16-7)10(9)17-11(6)14;1-4-10(2,3)9(12)14-7-5-6-13-8(7)11/h11H,6-10H2,1-5H3;6-10H,4-5H2,1-3H3;7H,4-6H2,1-3H3. The summed E-state index contributed by atoms with van der Waals surface area (Å²) in [5, 5.41) is 0. The van der Waals surface area contributed by atoms with Gasteiger partial charge < -0.3 is 28.4 Å². The van der Waals surface area contributed by atoms with Crippen molar-refractivity contribution < 1.29 is 52.4 Å². The molecule has 0 amide bonds. The molecule has 0 aromatic rings. The van der Waals surface area contributed by atoms with Crippen molar-refractivity contribution in [2.45, 2.75) is 170 Å². The number of rotatable bonds is 10. The van der Waals surface area contributed by atoms with Gasteiger partial charge in [-0.1, -0.05) is 34.6 Å². The highest BCUT2D eigenvalue weighted by atomic mass is 16.7. The van der Waals surface area contributed by atoms with Gasteiger partial charge in [0, 0.05) is 6.42 Å². The van der Waals surface area contributed by atoms with Gasteiger partial charge in [0.1, 0.15) is 11.7 Å². The molecule has 5 fully saturated rings. The van der Waals surface area contributed by atoms with Crippen LogP contribution in [0, 0.1) is 28.1 Å². The van der Waals surface area contributed by atoms with Gasteiger partial charge in [0.2, 0.25) is 6.10 Å². The van der Waals surface area contributed by atoms with Gasteiger partial charge in [-0.15, -0.1) is 0 Å². The van der Waals surface area contributed by atoms with Gasteiger partial charge in [-0.2, -0.15) is 0 Å². The maximum Gasteiger partial charge on any atom is 0.347 e. The molecule has 0 N–H and O–H groups in total. The lowest BCUT2D eigenvalue weighted by Crippen LogP contribution is -2.42. The molecule has 4 heterocycles. The minimum absolute atomic E-state index is 0.0226. The molecule has 48 heavy (non-hydrogen) atoms. The first-order valence-electron chi connectivity index (χ1n) is 17.9. The van der Waals surface area contributed by atoms with E-state index >= 15 is 0 Å². The zero-order valence-corrected chi connectivity index (χ0v) is 31.1. The van der Waals surface area contributed by atoms with E-state index in [-0.39, 0.29) is 53.0 Å². The third kappa shape index (κ3) is 8.72. The Bertz CT molecular complexity index is 1180. The summed E-state index contributed by atoms with van der Waals surface area (Å²) in [6, 6.07) is 0. The number of fused-ring (bicyclic) bond motifs is 1. The summed E-state index contributed by atoms with van der Waals surface area (Å²) >= 11 is 0. The largest absolute Gasteiger partial charge is 0.463 e. The molecule has 0 aromatic heterocycles. The van der Waals surface area contributed by atoms with Crippen LogP contribution in [0.15, 0.2) is 0 Å². The highest BCUT2D eigenvalue weighted by Crippen LogP contribution is 2.48. The van der Waals surface area contributed by atoms with Crippen LogP contribution in [-0.4, -0.2) is 72.6 Å². The number of hydrogen-bond donors (Lipinski definition) is 0. The Morgan fingerprint density at radius 2 is 1.31 bits per heavy atom. The average Bonchev–Trinajstić information content (AvgIpc) is 3.86. The Labute approximate surface area is 286 Å². The topological polar surface area (TPSA) is 141 Å². The molecule has 6 unspecified atom stereocenters. The number of carbonyl (C=O) groups excluding carboxylic acids is 5. The number of hydrogen-bond acceptors (Lipinski definition) is 11. The van der Waals surface area contributed by atoms with E-state index < -0.39 is 35.1 Å². The molecule has 0 aromatic carbocycles. The minimum Gasteiger partial charge on any atom is -0.463 e. The third-order valence-corrected chi connectivity index (χ3v) is 11.3. The number of esters is 5. The van der Waals surface area contributed by atoms with Crippen LogP contribution in [0.5, 0.6) is 0 Å². The lowest BCUT2D eigenvalue weighted by Gasteiger charge is -2.36. The molecule has 5 aliphatic rings. The summed E-state index contributed by atoms with van der Waals surface area (Å²) in [7, 11) is 0. The fourth-order valence-electron chi connectivity index (χ4n) is 6.06. The fraction of sp³-hybridized carbons (Fsp3) is 0.865. The third-order valence-electron chi connectivity index (χ3n) is 11.3. The molecule has 1 saturated carbocycles. The van der Waals surface area contributed by atoms with Crippen molar-refractivity contribution in [2.75, 3.05) is 6.61 Å². The number of cyclic esters (lactones) is 1. The Morgan fingerprint density at radius 1 is 0.792 bits per heavy atom. The van der Waals surface area contributed by atoms with E-state index in [1.807, 2.05) is 48.5 Å². The normalized spacial score (nSPS) is 28.5. The van der Waals surface area contributed by atoms with Crippen LogP contribution in [-0.2, 0) is 52.4 Å². The first-order chi connectivity index (χ1) is 22.2. The summed E-state index contributed by atoms with van der Waals surface area (Å²) in [6.07, 6.45) is 5.91. The summed E-state index contributed by atoms with van der Waals surface area (Å²) in [4.78, 5) is 58.3. The van der Waals surface area contributed by atoms with Gasteiger partial charge in [0.25, 0.3) is 0 Å². The zero-order valence-electron chi connectivity index (χ0n) is 31.1. The Morgan fingerprint density at radius 3 is 1.79 bits per heavy atom. The van der Waals surface area contributed by atoms with E-state index in [1.54, 1.807) is 13.8 Å². The molecule has 274 valence electrons. The van der Waals surface area contributed by atoms with Crippen LogP contribution in [0.2, 0.25) is 0 Å². The highest BCUT2D eigenvalue weighted by Gasteiger charge is 2.65. The average molecular weight is 681 g/mol. The SMILES string of the molecule is CCC(C)(C)C(=O)OC1(C(C)C)CCCC1.CCC(C)(C)C(=O)OC1C2CC3C(=O)OC1C3O2.CCC(C)(C)C(=O)OC1CCOC1=O. The molecule has 6 atom stereocenters. The van der Waals surface area contributed by atoms with Crippen LogP contribution in [0.3, 0.4) is 0 Å². The molecule has 5 rings (SSSR count). The second-order valence-corrected chi connectivity index (χ2v) is 16.1. The van der Waals surface area contributed by atoms with Crippen molar-refractivity contribution in [1.29, 1.82) is 0 Å². The van der Waals surface area contributed by atoms with E-state index in [0.29, 0.717) is 38.2 Å². The van der Waals surface area contributed by atoms with E-state index in [1.165, 1.54) is 12.8 Å². The quantitative estimate of drug-likeness (QED) is 0.191. The van der Waals surface area contributed by atoms with Crippen molar-refractivity contribution in [1.82, 2.24) is 0 Å². The number of ether oxygens (including phenoxy) is 6. The Hall–Kier alpha value is -2.69. The van der Waals surface area contributed by atoms with Crippen molar-refractivity contribution >= 4 is 29.8 Å². The van der Waals surface area contributed by atoms with Gasteiger partial charge in [-0.25, -0.2) is 4.79 Å². The lowest BCUT2D eigenvalue weighted by molar-refractivity contribution is -0.175. The van der Waals surface area contributed by atoms with Crippen LogP contribution in [0.1, 0.15) is 134 Å². The van der Waals surface area contributed by atoms with Crippen molar-refractivity contribution in [3.8, 4) is 0 Å². The summed E-state index contributed by atoms with van der Waals surface area (Å²) in [5.74, 6) is -0.952. The summed E-state index contributed by atoms with van der Waals surface area (Å²) in [5.41, 5.74) is -1.55. The van der Waals surface area contributed by atoms with Crippen molar-refractivity contribution in [3.05, 3.63) is 0 Å². The van der Waals surface area contributed by atoms with Gasteiger partial charge in [0.05, 0.1) is 34.9 Å². The maximum absolute atomic E-state index is 12.1. The van der Waals surface area contributed by atoms with E-state index in [4.69, 9.17) is 28.4 Å². The molecule has 0 spiro atoms. The molecule has 0 radical (unpaired) electrons. The van der Waals surface area contributed by atoms with Gasteiger partial charge in [-0.05, 0) is 98.8 Å². The van der Waals surface area contributed by atoms with Crippen LogP contribution >= 0.6 is 0 Å². The zero-order chi connectivity index (χ0) is 36.2. The fourth-order valence-corrected chi connectivity index (χ4v) is 6.06. The maximum atomic E-state index is 12.1. The number of carbonyl (C=O) groups is 5. The van der Waals surface area contributed by atoms with Gasteiger partial charge in [0.15, 0.2) is 12.2 Å². The highest BCUT2D eigenvalue weighted by molar-refractivity contribution is 5.83. The predicted octanol–water partition coefficient (Wildman–Crippen LogP) is 6.26. The Kier molecular flexibility index (Phi) is 12.8. The first kappa shape index (κ1) is 39.7. The monoisotopic (exact) mass is 680 g/mol. The molecular formula is C37H60O11. The molecule has 4 aliphatic heterocycles. The molecule has 4 saturated heterocycles. The first-order valence-corrected chi connectivity index (χ1v) is 17.9. The minimum atomic E-state index is -0.687.